The lowest BCUT2D eigenvalue weighted by Crippen LogP contribution is -1.99. The molecule has 3 nitrogen and oxygen atoms in total. The van der Waals surface area contributed by atoms with Gasteiger partial charge in [0.1, 0.15) is 16.0 Å². The molecule has 0 saturated heterocycles. The zero-order valence-electron chi connectivity index (χ0n) is 10.7. The smallest absolute Gasteiger partial charge is 0.210 e. The molecule has 0 spiro atoms. The number of fused-ring (bicyclic) bond motifs is 4. The van der Waals surface area contributed by atoms with Gasteiger partial charge >= 0.3 is 0 Å². The first-order chi connectivity index (χ1) is 9.78. The third-order valence-corrected chi connectivity index (χ3v) is 4.55. The van der Waals surface area contributed by atoms with E-state index in [9.17, 15) is 4.79 Å². The summed E-state index contributed by atoms with van der Waals surface area (Å²) in [5.74, 6) is 0.680. The Bertz CT molecular complexity index is 1010. The Labute approximate surface area is 118 Å². The fraction of sp³-hybridized carbons (Fsp3) is 0.0625. The lowest BCUT2D eigenvalue weighted by molar-refractivity contribution is 0.414. The average molecular weight is 282 g/mol. The van der Waals surface area contributed by atoms with Crippen molar-refractivity contribution in [2.45, 2.75) is 0 Å². The highest BCUT2D eigenvalue weighted by Crippen LogP contribution is 2.34. The molecule has 20 heavy (non-hydrogen) atoms. The Hall–Kier alpha value is -2.33. The minimum atomic E-state index is 0.0186. The normalized spacial score (nSPS) is 11.4. The van der Waals surface area contributed by atoms with Gasteiger partial charge in [-0.05, 0) is 24.3 Å². The third-order valence-electron chi connectivity index (χ3n) is 3.40. The van der Waals surface area contributed by atoms with Crippen LogP contribution in [0.2, 0.25) is 0 Å². The predicted octanol–water partition coefficient (Wildman–Crippen LogP) is 4.17. The summed E-state index contributed by atoms with van der Waals surface area (Å²) in [6, 6.07) is 13.2. The van der Waals surface area contributed by atoms with Crippen LogP contribution in [0.4, 0.5) is 0 Å². The molecule has 0 saturated carbocycles. The molecule has 0 aliphatic carbocycles. The SMILES string of the molecule is COc1ccc2c(=O)c3sc4ccccc4c3oc2c1. The molecule has 0 unspecified atom stereocenters. The molecule has 0 amide bonds. The number of hydrogen-bond donors (Lipinski definition) is 0. The monoisotopic (exact) mass is 282 g/mol. The first-order valence-corrected chi connectivity index (χ1v) is 7.01. The van der Waals surface area contributed by atoms with Crippen LogP contribution in [-0.4, -0.2) is 7.11 Å². The summed E-state index contributed by atoms with van der Waals surface area (Å²) in [7, 11) is 1.60. The highest BCUT2D eigenvalue weighted by molar-refractivity contribution is 7.25. The molecule has 0 N–H and O–H groups in total. The van der Waals surface area contributed by atoms with E-state index in [1.807, 2.05) is 24.3 Å². The summed E-state index contributed by atoms with van der Waals surface area (Å²) in [4.78, 5) is 12.6. The average Bonchev–Trinajstić information content (AvgIpc) is 2.86. The number of ether oxygens (including phenoxy) is 1. The molecule has 0 bridgehead atoms. The van der Waals surface area contributed by atoms with Gasteiger partial charge in [0.05, 0.1) is 12.5 Å². The summed E-state index contributed by atoms with van der Waals surface area (Å²) in [6.45, 7) is 0. The Balaban J connectivity index is 2.25. The highest BCUT2D eigenvalue weighted by Gasteiger charge is 2.13. The minimum absolute atomic E-state index is 0.0186. The zero-order valence-corrected chi connectivity index (χ0v) is 11.5. The predicted molar refractivity (Wildman–Crippen MR) is 81.9 cm³/mol. The van der Waals surface area contributed by atoms with E-state index in [1.54, 1.807) is 25.3 Å². The van der Waals surface area contributed by atoms with Gasteiger partial charge in [-0.3, -0.25) is 4.79 Å². The molecule has 0 fully saturated rings. The number of rotatable bonds is 1. The quantitative estimate of drug-likeness (QED) is 0.526. The van der Waals surface area contributed by atoms with E-state index >= 15 is 0 Å². The summed E-state index contributed by atoms with van der Waals surface area (Å²) in [5.41, 5.74) is 1.24. The fourth-order valence-corrected chi connectivity index (χ4v) is 3.49. The van der Waals surface area contributed by atoms with Crippen molar-refractivity contribution in [3.63, 3.8) is 0 Å². The van der Waals surface area contributed by atoms with Gasteiger partial charge in [0.25, 0.3) is 0 Å². The van der Waals surface area contributed by atoms with E-state index in [0.717, 1.165) is 10.1 Å². The van der Waals surface area contributed by atoms with Gasteiger partial charge < -0.3 is 9.15 Å². The fourth-order valence-electron chi connectivity index (χ4n) is 2.41. The van der Waals surface area contributed by atoms with E-state index in [0.29, 0.717) is 27.0 Å². The topological polar surface area (TPSA) is 39.4 Å². The molecule has 2 aromatic heterocycles. The first-order valence-electron chi connectivity index (χ1n) is 6.20. The minimum Gasteiger partial charge on any atom is -0.497 e. The van der Waals surface area contributed by atoms with Crippen molar-refractivity contribution in [2.24, 2.45) is 0 Å². The molecule has 0 aliphatic rings. The van der Waals surface area contributed by atoms with E-state index in [1.165, 1.54) is 11.3 Å². The zero-order chi connectivity index (χ0) is 13.7. The van der Waals surface area contributed by atoms with Gasteiger partial charge in [-0.15, -0.1) is 11.3 Å². The number of hydrogen-bond acceptors (Lipinski definition) is 4. The van der Waals surface area contributed by atoms with Crippen molar-refractivity contribution in [1.29, 1.82) is 0 Å². The van der Waals surface area contributed by atoms with Crippen LogP contribution in [0.1, 0.15) is 0 Å². The molecule has 4 aromatic rings. The lowest BCUT2D eigenvalue weighted by atomic mass is 10.2. The molecule has 2 heterocycles. The van der Waals surface area contributed by atoms with Gasteiger partial charge in [-0.1, -0.05) is 12.1 Å². The largest absolute Gasteiger partial charge is 0.497 e. The molecule has 0 radical (unpaired) electrons. The maximum atomic E-state index is 12.6. The third kappa shape index (κ3) is 1.48. The van der Waals surface area contributed by atoms with Gasteiger partial charge in [-0.2, -0.15) is 0 Å². The Kier molecular flexibility index (Phi) is 2.35. The second kappa shape index (κ2) is 4.08. The standard InChI is InChI=1S/C16H10O3S/c1-18-9-6-7-10-12(8-9)19-15-11-4-2-3-5-13(11)20-16(15)14(10)17/h2-8H,1H3. The molecule has 2 aromatic carbocycles. The maximum Gasteiger partial charge on any atom is 0.210 e. The van der Waals surface area contributed by atoms with Crippen molar-refractivity contribution < 1.29 is 9.15 Å². The molecular weight excluding hydrogens is 272 g/mol. The molecule has 98 valence electrons. The molecule has 4 rings (SSSR count). The van der Waals surface area contributed by atoms with Crippen LogP contribution in [0.5, 0.6) is 5.75 Å². The first kappa shape index (κ1) is 11.5. The van der Waals surface area contributed by atoms with Crippen LogP contribution >= 0.6 is 11.3 Å². The molecule has 0 aliphatic heterocycles. The molecule has 0 atom stereocenters. The highest BCUT2D eigenvalue weighted by atomic mass is 32.1. The van der Waals surface area contributed by atoms with Crippen molar-refractivity contribution in [2.75, 3.05) is 7.11 Å². The van der Waals surface area contributed by atoms with Gasteiger partial charge in [-0.25, -0.2) is 0 Å². The second-order valence-corrected chi connectivity index (χ2v) is 5.60. The van der Waals surface area contributed by atoms with Crippen molar-refractivity contribution >= 4 is 42.7 Å². The van der Waals surface area contributed by atoms with Crippen LogP contribution in [0.3, 0.4) is 0 Å². The number of thiophene rings is 1. The Morgan fingerprint density at radius 1 is 1.10 bits per heavy atom. The van der Waals surface area contributed by atoms with Crippen molar-refractivity contribution in [1.82, 2.24) is 0 Å². The molecule has 4 heteroatoms. The van der Waals surface area contributed by atoms with Crippen LogP contribution in [0.15, 0.2) is 51.7 Å². The maximum absolute atomic E-state index is 12.6. The van der Waals surface area contributed by atoms with Crippen molar-refractivity contribution in [3.8, 4) is 5.75 Å². The van der Waals surface area contributed by atoms with Gasteiger partial charge in [0.2, 0.25) is 5.43 Å². The van der Waals surface area contributed by atoms with Crippen LogP contribution in [-0.2, 0) is 0 Å². The Morgan fingerprint density at radius 3 is 2.80 bits per heavy atom. The van der Waals surface area contributed by atoms with Crippen molar-refractivity contribution in [3.05, 3.63) is 52.7 Å². The molecular formula is C16H10O3S. The Morgan fingerprint density at radius 2 is 1.95 bits per heavy atom. The van der Waals surface area contributed by atoms with E-state index in [4.69, 9.17) is 9.15 Å². The van der Waals surface area contributed by atoms with Gasteiger partial charge in [0.15, 0.2) is 5.58 Å². The summed E-state index contributed by atoms with van der Waals surface area (Å²) < 4.78 is 12.9. The summed E-state index contributed by atoms with van der Waals surface area (Å²) >= 11 is 1.48. The van der Waals surface area contributed by atoms with E-state index in [-0.39, 0.29) is 5.43 Å². The van der Waals surface area contributed by atoms with Gasteiger partial charge in [0, 0.05) is 16.2 Å². The lowest BCUT2D eigenvalue weighted by Gasteiger charge is -2.01. The van der Waals surface area contributed by atoms with Crippen LogP contribution in [0.25, 0.3) is 31.3 Å². The number of methoxy groups -OCH3 is 1. The number of benzene rings is 2. The van der Waals surface area contributed by atoms with E-state index in [2.05, 4.69) is 0 Å². The summed E-state index contributed by atoms with van der Waals surface area (Å²) in [5, 5.41) is 1.57. The summed E-state index contributed by atoms with van der Waals surface area (Å²) in [6.07, 6.45) is 0. The van der Waals surface area contributed by atoms with E-state index < -0.39 is 0 Å². The van der Waals surface area contributed by atoms with Crippen LogP contribution in [0, 0.1) is 0 Å². The second-order valence-electron chi connectivity index (χ2n) is 4.55. The van der Waals surface area contributed by atoms with Crippen LogP contribution < -0.4 is 10.2 Å².